The van der Waals surface area contributed by atoms with E-state index in [1.165, 1.54) is 35.6 Å². The summed E-state index contributed by atoms with van der Waals surface area (Å²) >= 11 is 7.35. The molecule has 0 aliphatic carbocycles. The number of hydrazine groups is 1. The van der Waals surface area contributed by atoms with E-state index in [4.69, 9.17) is 11.6 Å². The van der Waals surface area contributed by atoms with Crippen molar-refractivity contribution in [2.45, 2.75) is 25.2 Å². The molecule has 0 radical (unpaired) electrons. The third kappa shape index (κ3) is 4.85. The van der Waals surface area contributed by atoms with E-state index in [9.17, 15) is 13.2 Å². The van der Waals surface area contributed by atoms with Crippen molar-refractivity contribution in [1.29, 1.82) is 0 Å². The molecule has 2 N–H and O–H groups in total. The molecular formula is C21H23ClN4O3S2. The molecule has 10 heteroatoms. The zero-order valence-corrected chi connectivity index (χ0v) is 19.5. The predicted octanol–water partition coefficient (Wildman–Crippen LogP) is 4.37. The number of aromatic nitrogens is 1. The van der Waals surface area contributed by atoms with Gasteiger partial charge in [0.15, 0.2) is 0 Å². The number of nitrogens with zero attached hydrogens (tertiary/aromatic N) is 2. The summed E-state index contributed by atoms with van der Waals surface area (Å²) in [6.07, 6.45) is 1.03. The second kappa shape index (κ2) is 8.74. The highest BCUT2D eigenvalue weighted by molar-refractivity contribution is 7.89. The Labute approximate surface area is 190 Å². The van der Waals surface area contributed by atoms with Crippen molar-refractivity contribution in [3.05, 3.63) is 53.1 Å². The maximum atomic E-state index is 13.0. The first-order valence-electron chi connectivity index (χ1n) is 9.95. The van der Waals surface area contributed by atoms with Gasteiger partial charge in [0.1, 0.15) is 0 Å². The molecule has 1 aliphatic rings. The Bertz CT molecular complexity index is 1200. The fourth-order valence-electron chi connectivity index (χ4n) is 3.86. The van der Waals surface area contributed by atoms with Crippen molar-refractivity contribution in [1.82, 2.24) is 14.7 Å². The number of benzene rings is 2. The summed E-state index contributed by atoms with van der Waals surface area (Å²) in [4.78, 5) is 17.0. The number of piperidine rings is 1. The third-order valence-corrected chi connectivity index (χ3v) is 8.24. The largest absolute Gasteiger partial charge is 0.273 e. The monoisotopic (exact) mass is 478 g/mol. The van der Waals surface area contributed by atoms with E-state index < -0.39 is 10.0 Å². The van der Waals surface area contributed by atoms with Crippen molar-refractivity contribution >= 4 is 54.2 Å². The van der Waals surface area contributed by atoms with Crippen molar-refractivity contribution in [2.75, 3.05) is 18.5 Å². The highest BCUT2D eigenvalue weighted by Crippen LogP contribution is 2.28. The number of rotatable bonds is 5. The topological polar surface area (TPSA) is 91.4 Å². The van der Waals surface area contributed by atoms with Gasteiger partial charge in [-0.1, -0.05) is 36.8 Å². The van der Waals surface area contributed by atoms with Crippen LogP contribution in [0.25, 0.3) is 10.2 Å². The van der Waals surface area contributed by atoms with Crippen LogP contribution in [0.2, 0.25) is 5.02 Å². The second-order valence-corrected chi connectivity index (χ2v) is 11.4. The Morgan fingerprint density at radius 2 is 1.81 bits per heavy atom. The fourth-order valence-corrected chi connectivity index (χ4v) is 6.64. The Balaban J connectivity index is 1.42. The molecule has 4 rings (SSSR count). The van der Waals surface area contributed by atoms with Crippen LogP contribution in [0.15, 0.2) is 47.4 Å². The first kappa shape index (κ1) is 22.0. The van der Waals surface area contributed by atoms with Crippen molar-refractivity contribution in [3.8, 4) is 0 Å². The van der Waals surface area contributed by atoms with Gasteiger partial charge in [0.2, 0.25) is 15.2 Å². The van der Waals surface area contributed by atoms with E-state index in [2.05, 4.69) is 29.7 Å². The summed E-state index contributed by atoms with van der Waals surface area (Å²) in [6, 6.07) is 11.4. The molecule has 2 heterocycles. The van der Waals surface area contributed by atoms with Gasteiger partial charge >= 0.3 is 0 Å². The van der Waals surface area contributed by atoms with Gasteiger partial charge in [-0.05, 0) is 60.7 Å². The number of hydrogen-bond donors (Lipinski definition) is 2. The Kier molecular flexibility index (Phi) is 6.20. The van der Waals surface area contributed by atoms with Crippen LogP contribution in [0, 0.1) is 11.8 Å². The highest BCUT2D eigenvalue weighted by Gasteiger charge is 2.31. The summed E-state index contributed by atoms with van der Waals surface area (Å²) in [6.45, 7) is 5.18. The van der Waals surface area contributed by atoms with Crippen molar-refractivity contribution in [2.24, 2.45) is 11.8 Å². The molecule has 2 aromatic carbocycles. The minimum Gasteiger partial charge on any atom is -0.273 e. The Morgan fingerprint density at radius 1 is 1.13 bits per heavy atom. The summed E-state index contributed by atoms with van der Waals surface area (Å²) in [5.74, 6) is 0.267. The Morgan fingerprint density at radius 3 is 2.48 bits per heavy atom. The smallest absolute Gasteiger partial charge is 0.269 e. The summed E-state index contributed by atoms with van der Waals surface area (Å²) < 4.78 is 28.4. The van der Waals surface area contributed by atoms with Gasteiger partial charge < -0.3 is 0 Å². The van der Waals surface area contributed by atoms with Crippen LogP contribution in [-0.2, 0) is 10.0 Å². The van der Waals surface area contributed by atoms with Crippen LogP contribution in [0.1, 0.15) is 30.6 Å². The van der Waals surface area contributed by atoms with Gasteiger partial charge in [0, 0.05) is 23.7 Å². The summed E-state index contributed by atoms with van der Waals surface area (Å²) in [5, 5.41) is 1.15. The number of amides is 1. The lowest BCUT2D eigenvalue weighted by Gasteiger charge is -2.34. The van der Waals surface area contributed by atoms with Crippen LogP contribution < -0.4 is 10.9 Å². The molecule has 31 heavy (non-hydrogen) atoms. The lowest BCUT2D eigenvalue weighted by atomic mass is 9.94. The van der Waals surface area contributed by atoms with Crippen LogP contribution in [0.5, 0.6) is 0 Å². The van der Waals surface area contributed by atoms with Crippen LogP contribution in [0.3, 0.4) is 0 Å². The van der Waals surface area contributed by atoms with Gasteiger partial charge in [-0.15, -0.1) is 0 Å². The van der Waals surface area contributed by atoms with E-state index in [0.29, 0.717) is 40.6 Å². The maximum Gasteiger partial charge on any atom is 0.269 e. The SMILES string of the molecule is C[C@@H]1C[C@H](C)CN(S(=O)(=O)c2ccc(C(=O)NNc3nc4ccc(Cl)cc4s3)cc2)C1. The quantitative estimate of drug-likeness (QED) is 0.531. The molecule has 1 fully saturated rings. The van der Waals surface area contributed by atoms with Gasteiger partial charge in [-0.3, -0.25) is 15.6 Å². The number of sulfonamides is 1. The predicted molar refractivity (Wildman–Crippen MR) is 124 cm³/mol. The minimum absolute atomic E-state index is 0.196. The molecule has 3 aromatic rings. The van der Waals surface area contributed by atoms with E-state index >= 15 is 0 Å². The molecule has 1 amide bonds. The number of carbonyl (C=O) groups excluding carboxylic acids is 1. The molecule has 164 valence electrons. The first-order chi connectivity index (χ1) is 14.7. The van der Waals surface area contributed by atoms with Gasteiger partial charge in [0.05, 0.1) is 15.1 Å². The van der Waals surface area contributed by atoms with E-state index in [1.54, 1.807) is 10.4 Å². The van der Waals surface area contributed by atoms with E-state index in [0.717, 1.165) is 16.6 Å². The van der Waals surface area contributed by atoms with E-state index in [-0.39, 0.29) is 10.8 Å². The lowest BCUT2D eigenvalue weighted by molar-refractivity contribution is 0.0962. The van der Waals surface area contributed by atoms with Crippen LogP contribution >= 0.6 is 22.9 Å². The van der Waals surface area contributed by atoms with Gasteiger partial charge in [-0.25, -0.2) is 13.4 Å². The molecular weight excluding hydrogens is 456 g/mol. The molecule has 7 nitrogen and oxygen atoms in total. The number of halogens is 1. The molecule has 2 atom stereocenters. The molecule has 0 unspecified atom stereocenters. The fraction of sp³-hybridized carbons (Fsp3) is 0.333. The van der Waals surface area contributed by atoms with Crippen LogP contribution in [0.4, 0.5) is 5.13 Å². The molecule has 0 bridgehead atoms. The number of anilines is 1. The van der Waals surface area contributed by atoms with E-state index in [1.807, 2.05) is 12.1 Å². The number of thiazole rings is 1. The summed E-state index contributed by atoms with van der Waals surface area (Å²) in [5.41, 5.74) is 6.51. The van der Waals surface area contributed by atoms with Crippen LogP contribution in [-0.4, -0.2) is 36.7 Å². The molecule has 1 aromatic heterocycles. The minimum atomic E-state index is -3.58. The van der Waals surface area contributed by atoms with Gasteiger partial charge in [-0.2, -0.15) is 4.31 Å². The molecule has 1 saturated heterocycles. The Hall–Kier alpha value is -2.20. The molecule has 1 aliphatic heterocycles. The first-order valence-corrected chi connectivity index (χ1v) is 12.6. The second-order valence-electron chi connectivity index (χ2n) is 8.00. The van der Waals surface area contributed by atoms with Crippen molar-refractivity contribution in [3.63, 3.8) is 0 Å². The third-order valence-electron chi connectivity index (χ3n) is 5.22. The number of carbonyl (C=O) groups is 1. The number of nitrogens with one attached hydrogen (secondary N) is 2. The zero-order valence-electron chi connectivity index (χ0n) is 17.1. The summed E-state index contributed by atoms with van der Waals surface area (Å²) in [7, 11) is -3.58. The molecule has 0 spiro atoms. The lowest BCUT2D eigenvalue weighted by Crippen LogP contribution is -2.42. The number of hydrogen-bond acceptors (Lipinski definition) is 6. The molecule has 0 saturated carbocycles. The standard InChI is InChI=1S/C21H23ClN4O3S2/c1-13-9-14(2)12-26(11-13)31(28,29)17-6-3-15(4-7-17)20(27)24-25-21-23-18-8-5-16(22)10-19(18)30-21/h3-8,10,13-14H,9,11-12H2,1-2H3,(H,23,25)(H,24,27)/t13-,14+. The normalized spacial score (nSPS) is 20.0. The maximum absolute atomic E-state index is 13.0. The number of fused-ring (bicyclic) bond motifs is 1. The average Bonchev–Trinajstić information content (AvgIpc) is 3.13. The van der Waals surface area contributed by atoms with Crippen molar-refractivity contribution < 1.29 is 13.2 Å². The zero-order chi connectivity index (χ0) is 22.2. The highest BCUT2D eigenvalue weighted by atomic mass is 35.5. The average molecular weight is 479 g/mol. The van der Waals surface area contributed by atoms with Gasteiger partial charge in [0.25, 0.3) is 5.91 Å².